The van der Waals surface area contributed by atoms with E-state index in [2.05, 4.69) is 36.2 Å². The molecule has 0 radical (unpaired) electrons. The third kappa shape index (κ3) is 4.35. The van der Waals surface area contributed by atoms with E-state index in [9.17, 15) is 4.79 Å². The highest BCUT2D eigenvalue weighted by Gasteiger charge is 2.40. The molecule has 0 spiro atoms. The molecule has 1 N–H and O–H groups in total. The number of likely N-dealkylation sites (tertiary alicyclic amines) is 1. The zero-order valence-electron chi connectivity index (χ0n) is 15.7. The van der Waals surface area contributed by atoms with Crippen LogP contribution in [-0.2, 0) is 6.42 Å². The Kier molecular flexibility index (Phi) is 6.35. The first-order chi connectivity index (χ1) is 12.2. The number of carbonyl (C=O) groups excluding carboxylic acids is 1. The summed E-state index contributed by atoms with van der Waals surface area (Å²) < 4.78 is 5.51. The normalized spacial score (nSPS) is 21.8. The van der Waals surface area contributed by atoms with Crippen LogP contribution in [0.5, 0.6) is 5.75 Å². The number of ether oxygens (including phenoxy) is 1. The van der Waals surface area contributed by atoms with Gasteiger partial charge in [0.25, 0.3) is 0 Å². The van der Waals surface area contributed by atoms with Crippen LogP contribution in [0.25, 0.3) is 0 Å². The molecule has 2 atom stereocenters. The SMILES string of the molecule is CCCCCCNC(=O)Oc1ccc2c(c1)[C@@H]1CCN(CCC)[C@@H]1C2. The Bertz CT molecular complexity index is 587. The van der Waals surface area contributed by atoms with Gasteiger partial charge in [-0.3, -0.25) is 4.90 Å². The van der Waals surface area contributed by atoms with Gasteiger partial charge in [-0.05, 0) is 62.0 Å². The minimum absolute atomic E-state index is 0.329. The number of carbonyl (C=O) groups is 1. The summed E-state index contributed by atoms with van der Waals surface area (Å²) in [6, 6.07) is 6.85. The monoisotopic (exact) mass is 344 g/mol. The lowest BCUT2D eigenvalue weighted by atomic mass is 9.98. The minimum Gasteiger partial charge on any atom is -0.410 e. The average molecular weight is 344 g/mol. The second kappa shape index (κ2) is 8.70. The molecular formula is C21H32N2O2. The fourth-order valence-corrected chi connectivity index (χ4v) is 4.39. The maximum Gasteiger partial charge on any atom is 0.412 e. The Balaban J connectivity index is 1.54. The van der Waals surface area contributed by atoms with E-state index in [1.807, 2.05) is 6.07 Å². The van der Waals surface area contributed by atoms with Crippen molar-refractivity contribution in [1.82, 2.24) is 10.2 Å². The van der Waals surface area contributed by atoms with Gasteiger partial charge in [0.05, 0.1) is 0 Å². The second-order valence-corrected chi connectivity index (χ2v) is 7.44. The topological polar surface area (TPSA) is 41.6 Å². The van der Waals surface area contributed by atoms with Crippen molar-refractivity contribution < 1.29 is 9.53 Å². The van der Waals surface area contributed by atoms with Crippen LogP contribution in [0.3, 0.4) is 0 Å². The summed E-state index contributed by atoms with van der Waals surface area (Å²) in [7, 11) is 0. The minimum atomic E-state index is -0.329. The van der Waals surface area contributed by atoms with E-state index in [-0.39, 0.29) is 6.09 Å². The van der Waals surface area contributed by atoms with Gasteiger partial charge in [-0.15, -0.1) is 0 Å². The van der Waals surface area contributed by atoms with Gasteiger partial charge in [-0.2, -0.15) is 0 Å². The third-order valence-corrected chi connectivity index (χ3v) is 5.63. The van der Waals surface area contributed by atoms with Gasteiger partial charge in [-0.1, -0.05) is 39.2 Å². The van der Waals surface area contributed by atoms with Crippen LogP contribution >= 0.6 is 0 Å². The molecule has 1 fully saturated rings. The molecule has 0 saturated carbocycles. The number of amides is 1. The number of hydrogen-bond donors (Lipinski definition) is 1. The molecule has 0 aromatic heterocycles. The first-order valence-corrected chi connectivity index (χ1v) is 10.1. The highest BCUT2D eigenvalue weighted by atomic mass is 16.6. The number of benzene rings is 1. The molecule has 1 aliphatic heterocycles. The first-order valence-electron chi connectivity index (χ1n) is 10.1. The van der Waals surface area contributed by atoms with E-state index >= 15 is 0 Å². The Morgan fingerprint density at radius 2 is 2.12 bits per heavy atom. The second-order valence-electron chi connectivity index (χ2n) is 7.44. The van der Waals surface area contributed by atoms with E-state index in [0.717, 1.165) is 19.3 Å². The lowest BCUT2D eigenvalue weighted by Crippen LogP contribution is -2.31. The summed E-state index contributed by atoms with van der Waals surface area (Å²) in [5.41, 5.74) is 2.83. The van der Waals surface area contributed by atoms with Crippen molar-refractivity contribution in [3.63, 3.8) is 0 Å². The molecule has 25 heavy (non-hydrogen) atoms. The van der Waals surface area contributed by atoms with Crippen LogP contribution < -0.4 is 10.1 Å². The number of fused-ring (bicyclic) bond motifs is 3. The van der Waals surface area contributed by atoms with E-state index < -0.39 is 0 Å². The molecule has 0 unspecified atom stereocenters. The summed E-state index contributed by atoms with van der Waals surface area (Å²) in [4.78, 5) is 14.6. The van der Waals surface area contributed by atoms with Gasteiger partial charge in [0, 0.05) is 18.5 Å². The van der Waals surface area contributed by atoms with Gasteiger partial charge in [0.15, 0.2) is 0 Å². The highest BCUT2D eigenvalue weighted by molar-refractivity contribution is 5.70. The number of rotatable bonds is 8. The van der Waals surface area contributed by atoms with Gasteiger partial charge in [-0.25, -0.2) is 4.79 Å². The molecule has 3 rings (SSSR count). The zero-order valence-corrected chi connectivity index (χ0v) is 15.7. The standard InChI is InChI=1S/C21H32N2O2/c1-3-5-6-7-11-22-21(24)25-17-9-8-16-14-20-18(19(16)15-17)10-13-23(20)12-4-2/h8-9,15,18,20H,3-7,10-14H2,1-2H3,(H,22,24)/t18-,20+/m0/s1. The summed E-state index contributed by atoms with van der Waals surface area (Å²) >= 11 is 0. The molecule has 0 bridgehead atoms. The van der Waals surface area contributed by atoms with Gasteiger partial charge >= 0.3 is 6.09 Å². The molecule has 4 nitrogen and oxygen atoms in total. The van der Waals surface area contributed by atoms with Crippen molar-refractivity contribution in [2.24, 2.45) is 0 Å². The number of hydrogen-bond acceptors (Lipinski definition) is 3. The van der Waals surface area contributed by atoms with Crippen LogP contribution in [0.2, 0.25) is 0 Å². The number of unbranched alkanes of at least 4 members (excludes halogenated alkanes) is 3. The molecule has 138 valence electrons. The van der Waals surface area contributed by atoms with Gasteiger partial charge in [0.1, 0.15) is 5.75 Å². The molecule has 1 amide bonds. The Morgan fingerprint density at radius 3 is 2.92 bits per heavy atom. The predicted molar refractivity (Wildman–Crippen MR) is 101 cm³/mol. The molecule has 1 aromatic carbocycles. The van der Waals surface area contributed by atoms with Crippen LogP contribution in [0.1, 0.15) is 69.4 Å². The molecule has 1 aliphatic carbocycles. The van der Waals surface area contributed by atoms with E-state index in [4.69, 9.17) is 4.74 Å². The Morgan fingerprint density at radius 1 is 1.24 bits per heavy atom. The number of nitrogens with one attached hydrogen (secondary N) is 1. The largest absolute Gasteiger partial charge is 0.412 e. The van der Waals surface area contributed by atoms with Gasteiger partial charge < -0.3 is 10.1 Å². The van der Waals surface area contributed by atoms with Crippen molar-refractivity contribution in [3.8, 4) is 5.75 Å². The quantitative estimate of drug-likeness (QED) is 0.707. The highest BCUT2D eigenvalue weighted by Crippen LogP contribution is 2.44. The van der Waals surface area contributed by atoms with Crippen LogP contribution in [-0.4, -0.2) is 36.7 Å². The third-order valence-electron chi connectivity index (χ3n) is 5.63. The predicted octanol–water partition coefficient (Wildman–Crippen LogP) is 4.48. The van der Waals surface area contributed by atoms with Crippen LogP contribution in [0.4, 0.5) is 4.79 Å². The van der Waals surface area contributed by atoms with E-state index in [0.29, 0.717) is 24.3 Å². The van der Waals surface area contributed by atoms with Crippen LogP contribution in [0.15, 0.2) is 18.2 Å². The lowest BCUT2D eigenvalue weighted by molar-refractivity contribution is 0.200. The van der Waals surface area contributed by atoms with Crippen molar-refractivity contribution in [2.45, 2.75) is 70.8 Å². The molecule has 1 saturated heterocycles. The molecule has 1 heterocycles. The molecular weight excluding hydrogens is 312 g/mol. The average Bonchev–Trinajstić information content (AvgIpc) is 3.15. The van der Waals surface area contributed by atoms with Crippen molar-refractivity contribution in [2.75, 3.05) is 19.6 Å². The summed E-state index contributed by atoms with van der Waals surface area (Å²) in [6.45, 7) is 7.53. The van der Waals surface area contributed by atoms with E-state index in [1.165, 1.54) is 49.9 Å². The van der Waals surface area contributed by atoms with Gasteiger partial charge in [0.2, 0.25) is 0 Å². The first kappa shape index (κ1) is 18.2. The zero-order chi connectivity index (χ0) is 17.6. The Labute approximate surface area is 151 Å². The van der Waals surface area contributed by atoms with Crippen molar-refractivity contribution in [3.05, 3.63) is 29.3 Å². The lowest BCUT2D eigenvalue weighted by Gasteiger charge is -2.22. The fourth-order valence-electron chi connectivity index (χ4n) is 4.39. The fraction of sp³-hybridized carbons (Fsp3) is 0.667. The summed E-state index contributed by atoms with van der Waals surface area (Å²) in [6.07, 6.45) is 7.86. The Hall–Kier alpha value is -1.55. The maximum absolute atomic E-state index is 12.0. The van der Waals surface area contributed by atoms with Crippen molar-refractivity contribution in [1.29, 1.82) is 0 Å². The molecule has 4 heteroatoms. The van der Waals surface area contributed by atoms with Crippen molar-refractivity contribution >= 4 is 6.09 Å². The van der Waals surface area contributed by atoms with E-state index in [1.54, 1.807) is 0 Å². The summed E-state index contributed by atoms with van der Waals surface area (Å²) in [5.74, 6) is 1.29. The smallest absolute Gasteiger partial charge is 0.410 e. The molecule has 1 aromatic rings. The molecule has 2 aliphatic rings. The summed E-state index contributed by atoms with van der Waals surface area (Å²) in [5, 5.41) is 2.86. The number of nitrogens with zero attached hydrogens (tertiary/aromatic N) is 1. The maximum atomic E-state index is 12.0. The van der Waals surface area contributed by atoms with Crippen LogP contribution in [0, 0.1) is 0 Å².